The van der Waals surface area contributed by atoms with E-state index in [1.165, 1.54) is 19.2 Å². The Morgan fingerprint density at radius 2 is 1.62 bits per heavy atom. The van der Waals surface area contributed by atoms with Gasteiger partial charge in [-0.25, -0.2) is 4.79 Å². The van der Waals surface area contributed by atoms with Crippen molar-refractivity contribution in [1.29, 1.82) is 5.26 Å². The Balaban J connectivity index is 1.17. The number of likely N-dealkylation sites (N-methyl/N-ethyl adjacent to an activating group) is 1. The highest BCUT2D eigenvalue weighted by atomic mass is 16.5. The maximum absolute atomic E-state index is 14.5. The molecule has 10 heteroatoms. The summed E-state index contributed by atoms with van der Waals surface area (Å²) in [6.45, 7) is 2.53. The van der Waals surface area contributed by atoms with Crippen LogP contribution in [-0.4, -0.2) is 54.0 Å². The minimum atomic E-state index is -0.934. The first kappa shape index (κ1) is 36.9. The number of amides is 2. The lowest BCUT2D eigenvalue weighted by molar-refractivity contribution is -0.146. The molecular formula is C45H42N4O6. The molecule has 0 radical (unpaired) electrons. The highest BCUT2D eigenvalue weighted by Gasteiger charge is 2.40. The molecule has 2 aliphatic heterocycles. The topological polar surface area (TPSA) is 132 Å². The molecule has 0 fully saturated rings. The number of aromatic hydroxyl groups is 1. The van der Waals surface area contributed by atoms with Crippen LogP contribution in [0.4, 0.5) is 5.69 Å². The third kappa shape index (κ3) is 7.66. The molecule has 0 spiro atoms. The van der Waals surface area contributed by atoms with E-state index in [0.29, 0.717) is 35.5 Å². The Morgan fingerprint density at radius 3 is 2.25 bits per heavy atom. The summed E-state index contributed by atoms with van der Waals surface area (Å²) in [7, 11) is 3.03. The van der Waals surface area contributed by atoms with E-state index < -0.39 is 24.2 Å². The molecule has 5 aromatic rings. The number of esters is 1. The second-order valence-electron chi connectivity index (χ2n) is 14.0. The van der Waals surface area contributed by atoms with Gasteiger partial charge < -0.3 is 24.8 Å². The molecule has 2 aliphatic rings. The summed E-state index contributed by atoms with van der Waals surface area (Å²) < 4.78 is 11.5. The maximum Gasteiger partial charge on any atom is 0.328 e. The normalized spacial score (nSPS) is 17.5. The van der Waals surface area contributed by atoms with E-state index >= 15 is 0 Å². The van der Waals surface area contributed by atoms with Gasteiger partial charge in [0, 0.05) is 31.6 Å². The lowest BCUT2D eigenvalue weighted by Gasteiger charge is -2.42. The number of nitrogens with zero attached hydrogens (tertiary/aromatic N) is 3. The number of phenols is 1. The number of fused-ring (bicyclic) bond motifs is 2. The summed E-state index contributed by atoms with van der Waals surface area (Å²) in [5.41, 5.74) is 7.57. The van der Waals surface area contributed by atoms with Crippen molar-refractivity contribution in [1.82, 2.24) is 10.2 Å². The smallest absolute Gasteiger partial charge is 0.328 e. The van der Waals surface area contributed by atoms with Crippen LogP contribution in [-0.2, 0) is 38.5 Å². The summed E-state index contributed by atoms with van der Waals surface area (Å²) in [6, 6.07) is 36.0. The Morgan fingerprint density at radius 1 is 0.945 bits per heavy atom. The van der Waals surface area contributed by atoms with E-state index in [9.17, 15) is 19.5 Å². The Labute approximate surface area is 320 Å². The van der Waals surface area contributed by atoms with Crippen molar-refractivity contribution in [2.45, 2.75) is 57.0 Å². The number of carbonyl (C=O) groups is 3. The predicted molar refractivity (Wildman–Crippen MR) is 208 cm³/mol. The number of anilines is 1. The molecule has 2 heterocycles. The van der Waals surface area contributed by atoms with Crippen molar-refractivity contribution in [3.8, 4) is 28.7 Å². The van der Waals surface area contributed by atoms with Crippen molar-refractivity contribution in [2.24, 2.45) is 0 Å². The minimum Gasteiger partial charge on any atom is -0.508 e. The van der Waals surface area contributed by atoms with E-state index in [1.54, 1.807) is 36.2 Å². The Bertz CT molecular complexity index is 2230. The third-order valence-electron chi connectivity index (χ3n) is 10.6. The summed E-state index contributed by atoms with van der Waals surface area (Å²) >= 11 is 0. The van der Waals surface area contributed by atoms with Gasteiger partial charge in [-0.05, 0) is 82.6 Å². The number of hydrogen-bond acceptors (Lipinski definition) is 8. The molecule has 1 unspecified atom stereocenters. The van der Waals surface area contributed by atoms with Crippen molar-refractivity contribution >= 4 is 23.5 Å². The van der Waals surface area contributed by atoms with Gasteiger partial charge in [0.2, 0.25) is 12.0 Å². The van der Waals surface area contributed by atoms with Crippen LogP contribution in [0.3, 0.4) is 0 Å². The monoisotopic (exact) mass is 734 g/mol. The van der Waals surface area contributed by atoms with Gasteiger partial charge in [0.1, 0.15) is 17.5 Å². The fourth-order valence-corrected chi connectivity index (χ4v) is 7.63. The summed E-state index contributed by atoms with van der Waals surface area (Å²) in [4.78, 5) is 45.0. The van der Waals surface area contributed by atoms with Crippen LogP contribution in [0.15, 0.2) is 115 Å². The first-order valence-corrected chi connectivity index (χ1v) is 18.3. The van der Waals surface area contributed by atoms with Crippen LogP contribution in [0.25, 0.3) is 11.1 Å². The standard InChI is InChI=1S/C45H42N4O6/c1-4-38(32-8-6-5-7-9-32)49-27-35-25-41-39(48(2)44(52)42(55-41)33-18-20-36(50)21-19-33)23-34(35)24-40(49)43(51)47-37(45(53)54-3)22-28-10-14-30(15-11-28)31-16-12-29(26-46)13-17-31/h5-21,23,25,37-38,40,42,50H,4,22,24,27H2,1-3H3,(H,47,51)/t37?,38-,40+,42-/m1/s1. The summed E-state index contributed by atoms with van der Waals surface area (Å²) in [5.74, 6) is -0.422. The molecule has 7 rings (SSSR count). The van der Waals surface area contributed by atoms with Crippen LogP contribution in [0, 0.1) is 11.3 Å². The zero-order valence-electron chi connectivity index (χ0n) is 30.9. The number of nitriles is 1. The molecule has 0 aromatic heterocycles. The molecule has 10 nitrogen and oxygen atoms in total. The molecule has 4 atom stereocenters. The molecule has 2 N–H and O–H groups in total. The van der Waals surface area contributed by atoms with E-state index in [2.05, 4.69) is 35.3 Å². The molecule has 278 valence electrons. The van der Waals surface area contributed by atoms with E-state index in [-0.39, 0.29) is 30.0 Å². The predicted octanol–water partition coefficient (Wildman–Crippen LogP) is 6.81. The highest BCUT2D eigenvalue weighted by Crippen LogP contribution is 2.43. The molecule has 5 aromatic carbocycles. The van der Waals surface area contributed by atoms with Gasteiger partial charge in [0.15, 0.2) is 0 Å². The molecule has 0 saturated heterocycles. The second kappa shape index (κ2) is 15.9. The number of rotatable bonds is 10. The Kier molecular flexibility index (Phi) is 10.7. The summed E-state index contributed by atoms with van der Waals surface area (Å²) in [5, 5.41) is 22.0. The zero-order chi connectivity index (χ0) is 38.6. The van der Waals surface area contributed by atoms with Crippen LogP contribution in [0.1, 0.15) is 58.9 Å². The first-order chi connectivity index (χ1) is 26.7. The van der Waals surface area contributed by atoms with Crippen LogP contribution in [0.2, 0.25) is 0 Å². The molecule has 55 heavy (non-hydrogen) atoms. The van der Waals surface area contributed by atoms with Crippen molar-refractivity contribution in [3.63, 3.8) is 0 Å². The Hall–Kier alpha value is -6.44. The molecule has 0 saturated carbocycles. The molecule has 0 bridgehead atoms. The van der Waals surface area contributed by atoms with Crippen molar-refractivity contribution in [2.75, 3.05) is 19.1 Å². The van der Waals surface area contributed by atoms with Gasteiger partial charge in [0.05, 0.1) is 30.5 Å². The van der Waals surface area contributed by atoms with Crippen LogP contribution >= 0.6 is 0 Å². The van der Waals surface area contributed by atoms with Crippen molar-refractivity contribution < 1.29 is 29.0 Å². The minimum absolute atomic E-state index is 0.102. The molecule has 2 amide bonds. The van der Waals surface area contributed by atoms with E-state index in [0.717, 1.165) is 39.8 Å². The number of methoxy groups -OCH3 is 1. The molecular weight excluding hydrogens is 693 g/mol. The second-order valence-corrected chi connectivity index (χ2v) is 14.0. The largest absolute Gasteiger partial charge is 0.508 e. The third-order valence-corrected chi connectivity index (χ3v) is 10.6. The number of hydrogen-bond donors (Lipinski definition) is 2. The lowest BCUT2D eigenvalue weighted by atomic mass is 9.88. The summed E-state index contributed by atoms with van der Waals surface area (Å²) in [6.07, 6.45) is 0.431. The van der Waals surface area contributed by atoms with Gasteiger partial charge >= 0.3 is 5.97 Å². The van der Waals surface area contributed by atoms with Gasteiger partial charge in [-0.15, -0.1) is 0 Å². The van der Waals surface area contributed by atoms with Gasteiger partial charge in [-0.3, -0.25) is 14.5 Å². The lowest BCUT2D eigenvalue weighted by Crippen LogP contribution is -2.55. The number of benzene rings is 5. The van der Waals surface area contributed by atoms with Crippen molar-refractivity contribution in [3.05, 3.63) is 149 Å². The number of phenolic OH excluding ortho intramolecular Hbond substituents is 1. The van der Waals surface area contributed by atoms with Gasteiger partial charge in [-0.2, -0.15) is 5.26 Å². The average molecular weight is 735 g/mol. The van der Waals surface area contributed by atoms with Gasteiger partial charge in [-0.1, -0.05) is 85.8 Å². The quantitative estimate of drug-likeness (QED) is 0.150. The van der Waals surface area contributed by atoms with Crippen LogP contribution in [0.5, 0.6) is 11.5 Å². The number of ether oxygens (including phenoxy) is 2. The molecule has 0 aliphatic carbocycles. The first-order valence-electron chi connectivity index (χ1n) is 18.3. The van der Waals surface area contributed by atoms with Gasteiger partial charge in [0.25, 0.3) is 5.91 Å². The SMILES string of the molecule is CC[C@H](c1ccccc1)N1Cc2cc3c(cc2C[C@H]1C(=O)NC(Cc1ccc(-c2ccc(C#N)cc2)cc1)C(=O)OC)N(C)C(=O)[C@@H](c1ccc(O)cc1)O3. The number of carbonyl (C=O) groups excluding carboxylic acids is 3. The van der Waals surface area contributed by atoms with E-state index in [1.807, 2.05) is 66.7 Å². The van der Waals surface area contributed by atoms with E-state index in [4.69, 9.17) is 14.7 Å². The highest BCUT2D eigenvalue weighted by molar-refractivity contribution is 6.00. The average Bonchev–Trinajstić information content (AvgIpc) is 3.22. The van der Waals surface area contributed by atoms with Crippen LogP contribution < -0.4 is 15.0 Å². The number of nitrogens with one attached hydrogen (secondary N) is 1. The fraction of sp³-hybridized carbons (Fsp3) is 0.244. The maximum atomic E-state index is 14.5. The fourth-order valence-electron chi connectivity index (χ4n) is 7.63. The zero-order valence-corrected chi connectivity index (χ0v) is 30.9.